The first-order valence-electron chi connectivity index (χ1n) is 11.6. The number of aldehydes is 2. The summed E-state index contributed by atoms with van der Waals surface area (Å²) >= 11 is 17.1. The fourth-order valence-electron chi connectivity index (χ4n) is 2.88. The van der Waals surface area contributed by atoms with Crippen LogP contribution in [0.1, 0.15) is 29.6 Å². The molecule has 0 spiro atoms. The third-order valence-corrected chi connectivity index (χ3v) is 6.92. The van der Waals surface area contributed by atoms with Crippen molar-refractivity contribution >= 4 is 72.3 Å². The summed E-state index contributed by atoms with van der Waals surface area (Å²) in [5.41, 5.74) is 0.182. The topological polar surface area (TPSA) is 145 Å². The van der Waals surface area contributed by atoms with E-state index in [4.69, 9.17) is 42.7 Å². The average Bonchev–Trinajstić information content (AvgIpc) is 3.02. The number of carbonyl (C=O) groups excluding carboxylic acids is 3. The van der Waals surface area contributed by atoms with Gasteiger partial charge in [0.25, 0.3) is 12.2 Å². The Bertz CT molecular complexity index is 1490. The van der Waals surface area contributed by atoms with Crippen LogP contribution in [-0.2, 0) is 9.68 Å². The molecule has 0 radical (unpaired) electrons. The first-order valence-corrected chi connectivity index (χ1v) is 13.7. The summed E-state index contributed by atoms with van der Waals surface area (Å²) in [6, 6.07) is 24.7. The van der Waals surface area contributed by atoms with Gasteiger partial charge in [-0.05, 0) is 66.7 Å². The molecule has 0 aromatic heterocycles. The largest absolute Gasteiger partial charge is 1.00 e. The van der Waals surface area contributed by atoms with Crippen LogP contribution in [0.15, 0.2) is 99.6 Å². The molecule has 0 unspecified atom stereocenters. The molecule has 0 heterocycles. The zero-order valence-electron chi connectivity index (χ0n) is 25.5. The fourth-order valence-corrected chi connectivity index (χ4v) is 4.45. The molecule has 0 atom stereocenters. The summed E-state index contributed by atoms with van der Waals surface area (Å²) in [7, 11) is 3.27. The van der Waals surface area contributed by atoms with Crippen LogP contribution in [0.2, 0.25) is 10.0 Å². The van der Waals surface area contributed by atoms with Crippen LogP contribution in [0.4, 0.5) is 5.69 Å². The van der Waals surface area contributed by atoms with Gasteiger partial charge in [0.1, 0.15) is 17.1 Å². The van der Waals surface area contributed by atoms with Gasteiger partial charge in [0.15, 0.2) is 12.6 Å². The van der Waals surface area contributed by atoms with Gasteiger partial charge >= 0.3 is 103 Å². The zero-order chi connectivity index (χ0) is 32.2. The number of benzene rings is 4. The molecule has 0 fully saturated rings. The number of thiol groups is 1. The normalized spacial score (nSPS) is 8.65. The number of nitrogens with zero attached hydrogens (tertiary/aromatic N) is 1. The summed E-state index contributed by atoms with van der Waals surface area (Å²) in [6.45, 7) is -0.181. The average molecular weight is 761 g/mol. The Morgan fingerprint density at radius 3 is 1.61 bits per heavy atom. The summed E-state index contributed by atoms with van der Waals surface area (Å²) in [5, 5.41) is 19.3. The maximum Gasteiger partial charge on any atom is 1.00 e. The van der Waals surface area contributed by atoms with Gasteiger partial charge < -0.3 is 21.0 Å². The van der Waals surface area contributed by atoms with Crippen molar-refractivity contribution in [3.8, 4) is 11.5 Å². The van der Waals surface area contributed by atoms with Crippen LogP contribution >= 0.6 is 47.6 Å². The Morgan fingerprint density at radius 2 is 1.22 bits per heavy atom. The molecule has 4 aromatic rings. The van der Waals surface area contributed by atoms with Crippen LogP contribution in [0.3, 0.4) is 0 Å². The van der Waals surface area contributed by atoms with Gasteiger partial charge in [-0.1, -0.05) is 54.5 Å². The predicted octanol–water partition coefficient (Wildman–Crippen LogP) is 1.55. The molecule has 0 aliphatic carbocycles. The van der Waals surface area contributed by atoms with Crippen molar-refractivity contribution < 1.29 is 143 Å². The minimum atomic E-state index is -0.643. The maximum atomic E-state index is 11.0. The molecule has 10 nitrogen and oxygen atoms in total. The van der Waals surface area contributed by atoms with E-state index < -0.39 is 4.92 Å². The van der Waals surface area contributed by atoms with E-state index in [0.29, 0.717) is 16.9 Å². The number of ether oxygens (including phenoxy) is 2. The number of nitro groups is 1. The third kappa shape index (κ3) is 18.7. The minimum Gasteiger partial charge on any atom is -1.00 e. The summed E-state index contributed by atoms with van der Waals surface area (Å²) in [4.78, 5) is 45.1. The van der Waals surface area contributed by atoms with E-state index in [-0.39, 0.29) is 134 Å². The first kappa shape index (κ1) is 49.6. The molecule has 46 heavy (non-hydrogen) atoms. The smallest absolute Gasteiger partial charge is 1.00 e. The Morgan fingerprint density at radius 1 is 0.783 bits per heavy atom. The molecule has 0 amide bonds. The van der Waals surface area contributed by atoms with Crippen molar-refractivity contribution in [2.75, 3.05) is 14.2 Å². The molecule has 0 saturated carbocycles. The van der Waals surface area contributed by atoms with Gasteiger partial charge in [0, 0.05) is 26.3 Å². The second kappa shape index (κ2) is 29.1. The van der Waals surface area contributed by atoms with Crippen LogP contribution in [0.5, 0.6) is 11.5 Å². The number of nitro benzene ring substituents is 1. The third-order valence-electron chi connectivity index (χ3n) is 4.87. The zero-order valence-corrected chi connectivity index (χ0v) is 34.0. The second-order valence-electron chi connectivity index (χ2n) is 7.49. The molecule has 0 N–H and O–H groups in total. The molecule has 236 valence electrons. The van der Waals surface area contributed by atoms with E-state index in [0.717, 1.165) is 32.5 Å². The van der Waals surface area contributed by atoms with E-state index in [1.807, 2.05) is 60.7 Å². The molecule has 0 saturated heterocycles. The number of hydrogen-bond acceptors (Lipinski definition) is 11. The van der Waals surface area contributed by atoms with Gasteiger partial charge in [-0.2, -0.15) is 0 Å². The SMILES string of the molecule is C.COc1ccc(S)cc1.COc1ccc(Sc2cccc(Cl)c2C=O)cc1.O=CO[O-].O=Cc1c(Cl)cccc1[N+](=O)[O-].[H-].[K+].[K+]. The molecule has 4 rings (SSSR count). The Hall–Kier alpha value is -0.797. The van der Waals surface area contributed by atoms with Crippen molar-refractivity contribution in [1.82, 2.24) is 0 Å². The Labute approximate surface area is 373 Å². The van der Waals surface area contributed by atoms with Gasteiger partial charge in [-0.15, -0.1) is 12.6 Å². The molecule has 4 aromatic carbocycles. The van der Waals surface area contributed by atoms with Crippen molar-refractivity contribution in [2.24, 2.45) is 0 Å². The predicted molar refractivity (Wildman–Crippen MR) is 173 cm³/mol. The van der Waals surface area contributed by atoms with E-state index in [2.05, 4.69) is 17.5 Å². The van der Waals surface area contributed by atoms with Crippen molar-refractivity contribution in [3.05, 3.63) is 116 Å². The quantitative estimate of drug-likeness (QED) is 0.0702. The summed E-state index contributed by atoms with van der Waals surface area (Å²) < 4.78 is 10.0. The number of methoxy groups -OCH3 is 2. The molecular formula is C30H29Cl2K2NO9S2. The van der Waals surface area contributed by atoms with Gasteiger partial charge in [-0.3, -0.25) is 24.5 Å². The monoisotopic (exact) mass is 759 g/mol. The number of halogens is 2. The molecule has 0 bridgehead atoms. The van der Waals surface area contributed by atoms with Crippen molar-refractivity contribution in [1.29, 1.82) is 0 Å². The molecular weight excluding hydrogens is 732 g/mol. The van der Waals surface area contributed by atoms with E-state index >= 15 is 0 Å². The number of hydrogen-bond donors (Lipinski definition) is 1. The fraction of sp³-hybridized carbons (Fsp3) is 0.100. The second-order valence-corrected chi connectivity index (χ2v) is 9.93. The summed E-state index contributed by atoms with van der Waals surface area (Å²) in [5.74, 6) is 1.67. The minimum absolute atomic E-state index is 0. The van der Waals surface area contributed by atoms with Gasteiger partial charge in [0.05, 0.1) is 29.2 Å². The molecule has 0 aliphatic rings. The van der Waals surface area contributed by atoms with Crippen LogP contribution in [-0.4, -0.2) is 38.2 Å². The van der Waals surface area contributed by atoms with Gasteiger partial charge in [-0.25, -0.2) is 0 Å². The first-order chi connectivity index (χ1) is 20.6. The number of carbonyl (C=O) groups is 3. The van der Waals surface area contributed by atoms with E-state index in [1.54, 1.807) is 20.3 Å². The van der Waals surface area contributed by atoms with E-state index in [1.165, 1.54) is 30.0 Å². The standard InChI is InChI=1S/C14H11ClO2S.C7H4ClNO3.C7H8OS.CH2O3.CH4.2K.H/c1-17-10-5-7-11(8-6-10)18-14-4-2-3-13(15)12(14)9-16;8-6-2-1-3-7(9(11)12)5(6)4-10;1-8-6-2-4-7(9)5-3-6;2-1-4-3;;;;/h2-9H,1H3;1-4H;2-5,9H,1H3;1,3H;1H4;;;/q;;;;;2*+1;-1/p-1. The Kier molecular flexibility index (Phi) is 31.4. The van der Waals surface area contributed by atoms with Crippen LogP contribution in [0, 0.1) is 10.1 Å². The molecule has 16 heteroatoms. The van der Waals surface area contributed by atoms with Crippen LogP contribution in [0.25, 0.3) is 0 Å². The Balaban J connectivity index is -0.000000280. The van der Waals surface area contributed by atoms with E-state index in [9.17, 15) is 19.7 Å². The molecule has 0 aliphatic heterocycles. The number of rotatable bonds is 8. The van der Waals surface area contributed by atoms with Crippen molar-refractivity contribution in [2.45, 2.75) is 22.1 Å². The summed E-state index contributed by atoms with van der Waals surface area (Å²) in [6.07, 6.45) is 1.16. The maximum absolute atomic E-state index is 11.0. The van der Waals surface area contributed by atoms with Gasteiger partial charge in [0.2, 0.25) is 0 Å². The van der Waals surface area contributed by atoms with Crippen LogP contribution < -0.4 is 118 Å². The van der Waals surface area contributed by atoms with Crippen molar-refractivity contribution in [3.63, 3.8) is 0 Å².